The van der Waals surface area contributed by atoms with E-state index in [0.29, 0.717) is 16.9 Å². The molecule has 1 aliphatic heterocycles. The van der Waals surface area contributed by atoms with Gasteiger partial charge in [-0.25, -0.2) is 0 Å². The van der Waals surface area contributed by atoms with Crippen molar-refractivity contribution in [3.8, 4) is 0 Å². The van der Waals surface area contributed by atoms with Crippen molar-refractivity contribution in [3.63, 3.8) is 0 Å². The van der Waals surface area contributed by atoms with E-state index in [1.54, 1.807) is 30.3 Å². The van der Waals surface area contributed by atoms with Gasteiger partial charge in [-0.2, -0.15) is 0 Å². The van der Waals surface area contributed by atoms with Gasteiger partial charge in [-0.3, -0.25) is 9.59 Å². The molecule has 2 amide bonds. The molecule has 5 rings (SSSR count). The maximum atomic E-state index is 12.8. The number of nitrogens with one attached hydrogen (secondary N) is 3. The van der Waals surface area contributed by atoms with Crippen LogP contribution in [-0.2, 0) is 0 Å². The topological polar surface area (TPSA) is 101 Å². The zero-order valence-corrected chi connectivity index (χ0v) is 22.1. The second-order valence-corrected chi connectivity index (χ2v) is 9.87. The molecule has 2 heterocycles. The Hall–Kier alpha value is -4.56. The summed E-state index contributed by atoms with van der Waals surface area (Å²) in [6, 6.07) is 24.5. The molecule has 3 aromatic carbocycles. The number of amides is 2. The summed E-state index contributed by atoms with van der Waals surface area (Å²) < 4.78 is 0. The number of aryl methyl sites for hydroxylation is 1. The Kier molecular flexibility index (Phi) is 7.65. The lowest BCUT2D eigenvalue weighted by molar-refractivity contribution is 0.0987. The first-order valence-electron chi connectivity index (χ1n) is 13.1. The van der Waals surface area contributed by atoms with Gasteiger partial charge in [0.05, 0.1) is 6.10 Å². The minimum atomic E-state index is -0.211. The number of carbonyl (C=O) groups excluding carboxylic acids is 2. The Balaban J connectivity index is 1.17. The lowest BCUT2D eigenvalue weighted by Gasteiger charge is -2.31. The van der Waals surface area contributed by atoms with E-state index in [2.05, 4.69) is 20.5 Å². The van der Waals surface area contributed by atoms with Crippen LogP contribution in [0.5, 0.6) is 0 Å². The number of rotatable bonds is 7. The van der Waals surface area contributed by atoms with Crippen molar-refractivity contribution >= 4 is 40.3 Å². The van der Waals surface area contributed by atoms with Crippen molar-refractivity contribution < 1.29 is 14.7 Å². The molecule has 1 saturated heterocycles. The van der Waals surface area contributed by atoms with Crippen LogP contribution in [0.1, 0.15) is 39.3 Å². The molecule has 4 aromatic rings. The maximum Gasteiger partial charge on any atom is 0.274 e. The van der Waals surface area contributed by atoms with Crippen molar-refractivity contribution in [2.24, 2.45) is 0 Å². The Morgan fingerprint density at radius 2 is 1.64 bits per heavy atom. The second kappa shape index (κ2) is 11.4. The largest absolute Gasteiger partial charge is 0.393 e. The average Bonchev–Trinajstić information content (AvgIpc) is 3.50. The quantitative estimate of drug-likeness (QED) is 0.254. The molecular weight excluding hydrogens is 490 g/mol. The highest BCUT2D eigenvalue weighted by Gasteiger charge is 2.18. The molecule has 0 atom stereocenters. The van der Waals surface area contributed by atoms with Crippen molar-refractivity contribution in [1.82, 2.24) is 4.98 Å². The number of carbonyl (C=O) groups is 2. The number of piperidine rings is 1. The van der Waals surface area contributed by atoms with Crippen LogP contribution in [0.15, 0.2) is 85.1 Å². The summed E-state index contributed by atoms with van der Waals surface area (Å²) in [7, 11) is 1.76. The molecule has 0 radical (unpaired) electrons. The third-order valence-corrected chi connectivity index (χ3v) is 7.11. The van der Waals surface area contributed by atoms with Gasteiger partial charge in [-0.15, -0.1) is 0 Å². The van der Waals surface area contributed by atoms with Crippen LogP contribution in [0, 0.1) is 6.92 Å². The SMILES string of the molecule is Cc1cc(N(C)C(=O)c2ccc[nH]2)ccc1Nc1ccc(NC(=O)c2ccc(N3CCC(O)CC3)cc2)cc1. The van der Waals surface area contributed by atoms with E-state index in [0.717, 1.165) is 54.2 Å². The number of aliphatic hydroxyl groups is 1. The number of nitrogens with zero attached hydrogens (tertiary/aromatic N) is 2. The molecule has 4 N–H and O–H groups in total. The minimum Gasteiger partial charge on any atom is -0.393 e. The molecule has 39 heavy (non-hydrogen) atoms. The van der Waals surface area contributed by atoms with Crippen LogP contribution in [0.2, 0.25) is 0 Å². The molecule has 8 nitrogen and oxygen atoms in total. The van der Waals surface area contributed by atoms with Crippen molar-refractivity contribution in [1.29, 1.82) is 0 Å². The number of aromatic nitrogens is 1. The molecule has 0 saturated carbocycles. The molecule has 0 aliphatic carbocycles. The van der Waals surface area contributed by atoms with Crippen molar-refractivity contribution in [3.05, 3.63) is 102 Å². The zero-order chi connectivity index (χ0) is 27.4. The Morgan fingerprint density at radius 1 is 0.949 bits per heavy atom. The van der Waals surface area contributed by atoms with Crippen LogP contribution >= 0.6 is 0 Å². The molecule has 1 fully saturated rings. The number of H-pyrrole nitrogens is 1. The van der Waals surface area contributed by atoms with Gasteiger partial charge >= 0.3 is 0 Å². The molecule has 200 valence electrons. The zero-order valence-electron chi connectivity index (χ0n) is 22.1. The van der Waals surface area contributed by atoms with E-state index in [9.17, 15) is 14.7 Å². The fourth-order valence-electron chi connectivity index (χ4n) is 4.70. The number of aliphatic hydroxyl groups excluding tert-OH is 1. The molecule has 1 aromatic heterocycles. The summed E-state index contributed by atoms with van der Waals surface area (Å²) in [5.41, 5.74) is 6.52. The van der Waals surface area contributed by atoms with Gasteiger partial charge in [0.1, 0.15) is 5.69 Å². The lowest BCUT2D eigenvalue weighted by atomic mass is 10.1. The third-order valence-electron chi connectivity index (χ3n) is 7.11. The third kappa shape index (κ3) is 6.13. The average molecular weight is 524 g/mol. The molecule has 8 heteroatoms. The number of anilines is 5. The molecular formula is C31H33N5O3. The lowest BCUT2D eigenvalue weighted by Crippen LogP contribution is -2.35. The first-order valence-corrected chi connectivity index (χ1v) is 13.1. The van der Waals surface area contributed by atoms with E-state index in [-0.39, 0.29) is 17.9 Å². The highest BCUT2D eigenvalue weighted by molar-refractivity contribution is 6.05. The number of hydrogen-bond acceptors (Lipinski definition) is 5. The predicted molar refractivity (Wildman–Crippen MR) is 156 cm³/mol. The standard InChI is InChI=1S/C31H33N5O3/c1-21-20-26(35(2)31(39)29-4-3-17-32-29)13-14-28(21)33-23-7-9-24(10-8-23)34-30(38)22-5-11-25(12-6-22)36-18-15-27(37)16-19-36/h3-14,17,20,27,32-33,37H,15-16,18-19H2,1-2H3,(H,34,38). The summed E-state index contributed by atoms with van der Waals surface area (Å²) in [5, 5.41) is 16.1. The van der Waals surface area contributed by atoms with Crippen molar-refractivity contribution in [2.45, 2.75) is 25.9 Å². The normalized spacial score (nSPS) is 13.7. The van der Waals surface area contributed by atoms with Gasteiger partial charge in [0, 0.05) is 60.3 Å². The molecule has 0 bridgehead atoms. The van der Waals surface area contributed by atoms with E-state index in [1.165, 1.54) is 0 Å². The summed E-state index contributed by atoms with van der Waals surface area (Å²) in [4.78, 5) is 32.2. The van der Waals surface area contributed by atoms with Crippen LogP contribution in [0.3, 0.4) is 0 Å². The van der Waals surface area contributed by atoms with Crippen molar-refractivity contribution in [2.75, 3.05) is 40.6 Å². The minimum absolute atomic E-state index is 0.101. The molecule has 0 spiro atoms. The monoisotopic (exact) mass is 523 g/mol. The summed E-state index contributed by atoms with van der Waals surface area (Å²) in [5.74, 6) is -0.266. The summed E-state index contributed by atoms with van der Waals surface area (Å²) >= 11 is 0. The molecule has 1 aliphatic rings. The Morgan fingerprint density at radius 3 is 2.28 bits per heavy atom. The van der Waals surface area contributed by atoms with Crippen LogP contribution in [0.4, 0.5) is 28.4 Å². The van der Waals surface area contributed by atoms with Gasteiger partial charge in [-0.1, -0.05) is 0 Å². The van der Waals surface area contributed by atoms with Crippen LogP contribution in [0.25, 0.3) is 0 Å². The first kappa shape index (κ1) is 26.1. The number of aromatic amines is 1. The fourth-order valence-corrected chi connectivity index (χ4v) is 4.70. The predicted octanol–water partition coefficient (Wildman–Crippen LogP) is 5.56. The summed E-state index contributed by atoms with van der Waals surface area (Å²) in [6.07, 6.45) is 3.06. The highest BCUT2D eigenvalue weighted by atomic mass is 16.3. The van der Waals surface area contributed by atoms with Gasteiger partial charge in [0.15, 0.2) is 0 Å². The maximum absolute atomic E-state index is 12.8. The highest BCUT2D eigenvalue weighted by Crippen LogP contribution is 2.27. The second-order valence-electron chi connectivity index (χ2n) is 9.87. The van der Waals surface area contributed by atoms with Gasteiger partial charge in [0.25, 0.3) is 11.8 Å². The van der Waals surface area contributed by atoms with Crippen LogP contribution < -0.4 is 20.4 Å². The molecule has 0 unspecified atom stereocenters. The van der Waals surface area contributed by atoms with E-state index >= 15 is 0 Å². The van der Waals surface area contributed by atoms with Gasteiger partial charge < -0.3 is 30.5 Å². The van der Waals surface area contributed by atoms with Gasteiger partial charge in [-0.05, 0) is 104 Å². The van der Waals surface area contributed by atoms with E-state index in [4.69, 9.17) is 0 Å². The Labute approximate surface area is 228 Å². The smallest absolute Gasteiger partial charge is 0.274 e. The van der Waals surface area contributed by atoms with E-state index < -0.39 is 0 Å². The van der Waals surface area contributed by atoms with E-state index in [1.807, 2.05) is 73.7 Å². The number of benzene rings is 3. The first-order chi connectivity index (χ1) is 18.9. The fraction of sp³-hybridized carbons (Fsp3) is 0.226. The number of hydrogen-bond donors (Lipinski definition) is 4. The summed E-state index contributed by atoms with van der Waals surface area (Å²) in [6.45, 7) is 3.64. The Bertz CT molecular complexity index is 1420. The van der Waals surface area contributed by atoms with Crippen LogP contribution in [-0.4, -0.2) is 48.1 Å². The van der Waals surface area contributed by atoms with Gasteiger partial charge in [0.2, 0.25) is 0 Å².